The second-order valence-electron chi connectivity index (χ2n) is 7.72. The minimum absolute atomic E-state index is 0.0647. The maximum Gasteiger partial charge on any atom is 0.261 e. The Morgan fingerprint density at radius 1 is 0.923 bits per heavy atom. The van der Waals surface area contributed by atoms with E-state index in [1.54, 1.807) is 0 Å². The van der Waals surface area contributed by atoms with Crippen molar-refractivity contribution in [3.05, 3.63) is 60.7 Å². The van der Waals surface area contributed by atoms with Crippen LogP contribution in [0.15, 0.2) is 60.7 Å². The third kappa shape index (κ3) is 3.92. The molecule has 0 bridgehead atoms. The Morgan fingerprint density at radius 2 is 1.46 bits per heavy atom. The quantitative estimate of drug-likeness (QED) is 0.818. The molecule has 2 atom stereocenters. The number of benzene rings is 2. The van der Waals surface area contributed by atoms with Gasteiger partial charge in [0.25, 0.3) is 8.32 Å². The first-order chi connectivity index (χ1) is 12.4. The average molecular weight is 373 g/mol. The lowest BCUT2D eigenvalue weighted by molar-refractivity contribution is -0.216. The lowest BCUT2D eigenvalue weighted by Gasteiger charge is -2.44. The van der Waals surface area contributed by atoms with Gasteiger partial charge >= 0.3 is 0 Å². The van der Waals surface area contributed by atoms with Crippen molar-refractivity contribution in [3.63, 3.8) is 0 Å². The highest BCUT2D eigenvalue weighted by Crippen LogP contribution is 2.36. The molecule has 5 heteroatoms. The molecular formula is C21H28O4Si. The third-order valence-corrected chi connectivity index (χ3v) is 9.86. The highest BCUT2D eigenvalue weighted by atomic mass is 28.4. The van der Waals surface area contributed by atoms with Crippen molar-refractivity contribution in [1.29, 1.82) is 0 Å². The lowest BCUT2D eigenvalue weighted by Crippen LogP contribution is -2.67. The molecule has 0 amide bonds. The van der Waals surface area contributed by atoms with Crippen molar-refractivity contribution >= 4 is 18.7 Å². The van der Waals surface area contributed by atoms with Gasteiger partial charge in [-0.15, -0.1) is 0 Å². The van der Waals surface area contributed by atoms with Gasteiger partial charge in [0.1, 0.15) is 6.10 Å². The van der Waals surface area contributed by atoms with Crippen LogP contribution in [0.3, 0.4) is 0 Å². The summed E-state index contributed by atoms with van der Waals surface area (Å²) in [5, 5.41) is 11.9. The summed E-state index contributed by atoms with van der Waals surface area (Å²) in [5.41, 5.74) is 0. The smallest absolute Gasteiger partial charge is 0.261 e. The van der Waals surface area contributed by atoms with Gasteiger partial charge in [-0.2, -0.15) is 0 Å². The predicted molar refractivity (Wildman–Crippen MR) is 105 cm³/mol. The second-order valence-corrected chi connectivity index (χ2v) is 12.0. The highest BCUT2D eigenvalue weighted by Gasteiger charge is 2.50. The molecule has 4 nitrogen and oxygen atoms in total. The van der Waals surface area contributed by atoms with Crippen LogP contribution in [0.25, 0.3) is 0 Å². The van der Waals surface area contributed by atoms with Crippen LogP contribution in [0.1, 0.15) is 20.8 Å². The standard InChI is InChI=1S/C21H28O4Si/c1-21(2,3)26(18-10-6-4-7-11-18,19-12-8-5-9-13-19)25-15-17-14-24-20(22)16-23-17/h4-13,17,20,22H,14-16H2,1-3H3/t17-,20?/m1/s1. The van der Waals surface area contributed by atoms with E-state index >= 15 is 0 Å². The first-order valence-electron chi connectivity index (χ1n) is 9.10. The molecule has 1 saturated heterocycles. The van der Waals surface area contributed by atoms with E-state index in [1.807, 2.05) is 12.1 Å². The van der Waals surface area contributed by atoms with E-state index in [4.69, 9.17) is 13.9 Å². The molecule has 1 N–H and O–H groups in total. The normalized spacial score (nSPS) is 21.5. The van der Waals surface area contributed by atoms with Crippen LogP contribution in [-0.2, 0) is 13.9 Å². The molecule has 26 heavy (non-hydrogen) atoms. The van der Waals surface area contributed by atoms with Gasteiger partial charge in [-0.1, -0.05) is 81.4 Å². The van der Waals surface area contributed by atoms with Gasteiger partial charge in [-0.05, 0) is 15.4 Å². The van der Waals surface area contributed by atoms with Gasteiger partial charge < -0.3 is 19.0 Å². The second kappa shape index (κ2) is 8.02. The summed E-state index contributed by atoms with van der Waals surface area (Å²) in [5.74, 6) is 0. The maximum absolute atomic E-state index is 9.46. The maximum atomic E-state index is 9.46. The van der Waals surface area contributed by atoms with Gasteiger partial charge in [0.05, 0.1) is 19.8 Å². The molecule has 1 heterocycles. The van der Waals surface area contributed by atoms with Crippen LogP contribution < -0.4 is 10.4 Å². The van der Waals surface area contributed by atoms with Crippen molar-refractivity contribution in [2.24, 2.45) is 0 Å². The molecule has 0 radical (unpaired) electrons. The first-order valence-corrected chi connectivity index (χ1v) is 11.0. The van der Waals surface area contributed by atoms with Gasteiger partial charge in [0, 0.05) is 0 Å². The molecule has 1 aliphatic rings. The van der Waals surface area contributed by atoms with Gasteiger partial charge in [0.2, 0.25) is 0 Å². The van der Waals surface area contributed by atoms with E-state index in [0.29, 0.717) is 13.2 Å². The van der Waals surface area contributed by atoms with E-state index in [2.05, 4.69) is 69.3 Å². The minimum Gasteiger partial charge on any atom is -0.405 e. The fraction of sp³-hybridized carbons (Fsp3) is 0.429. The number of hydrogen-bond acceptors (Lipinski definition) is 4. The van der Waals surface area contributed by atoms with Crippen molar-refractivity contribution in [1.82, 2.24) is 0 Å². The number of aliphatic hydroxyl groups is 1. The van der Waals surface area contributed by atoms with Crippen LogP contribution in [0.5, 0.6) is 0 Å². The van der Waals surface area contributed by atoms with E-state index < -0.39 is 14.6 Å². The molecule has 3 rings (SSSR count). The molecular weight excluding hydrogens is 344 g/mol. The van der Waals surface area contributed by atoms with E-state index in [1.165, 1.54) is 10.4 Å². The number of rotatable bonds is 5. The van der Waals surface area contributed by atoms with Gasteiger partial charge in [0.15, 0.2) is 6.29 Å². The fourth-order valence-corrected chi connectivity index (χ4v) is 8.20. The summed E-state index contributed by atoms with van der Waals surface area (Å²) in [4.78, 5) is 0. The Balaban J connectivity index is 1.97. The molecule has 2 aromatic carbocycles. The largest absolute Gasteiger partial charge is 0.405 e. The molecule has 0 aromatic heterocycles. The fourth-order valence-electron chi connectivity index (χ4n) is 3.61. The zero-order chi connectivity index (χ0) is 18.6. The van der Waals surface area contributed by atoms with E-state index in [0.717, 1.165) is 0 Å². The number of aliphatic hydroxyl groups excluding tert-OH is 1. The lowest BCUT2D eigenvalue weighted by atomic mass is 10.2. The SMILES string of the molecule is CC(C)(C)[Si](OC[C@H]1COC(O)CO1)(c1ccccc1)c1ccccc1. The monoisotopic (exact) mass is 372 g/mol. The zero-order valence-electron chi connectivity index (χ0n) is 15.7. The highest BCUT2D eigenvalue weighted by molar-refractivity contribution is 6.99. The Hall–Kier alpha value is -1.50. The summed E-state index contributed by atoms with van der Waals surface area (Å²) in [6.45, 7) is 7.73. The predicted octanol–water partition coefficient (Wildman–Crippen LogP) is 2.30. The molecule has 1 fully saturated rings. The Kier molecular flexibility index (Phi) is 5.95. The zero-order valence-corrected chi connectivity index (χ0v) is 16.7. The van der Waals surface area contributed by atoms with Gasteiger partial charge in [-0.3, -0.25) is 0 Å². The molecule has 0 aliphatic carbocycles. The first kappa shape index (κ1) is 19.3. The molecule has 0 spiro atoms. The summed E-state index contributed by atoms with van der Waals surface area (Å²) < 4.78 is 17.8. The summed E-state index contributed by atoms with van der Waals surface area (Å²) in [6.07, 6.45) is -1.00. The molecule has 1 aliphatic heterocycles. The van der Waals surface area contributed by atoms with Crippen molar-refractivity contribution in [2.75, 3.05) is 19.8 Å². The average Bonchev–Trinajstić information content (AvgIpc) is 2.64. The van der Waals surface area contributed by atoms with Crippen LogP contribution in [-0.4, -0.2) is 45.6 Å². The third-order valence-electron chi connectivity index (χ3n) is 4.85. The van der Waals surface area contributed by atoms with Crippen molar-refractivity contribution in [2.45, 2.75) is 38.2 Å². The number of ether oxygens (including phenoxy) is 2. The Labute approximate surface area is 156 Å². The molecule has 140 valence electrons. The Morgan fingerprint density at radius 3 is 1.88 bits per heavy atom. The van der Waals surface area contributed by atoms with Crippen LogP contribution in [0, 0.1) is 0 Å². The molecule has 1 unspecified atom stereocenters. The van der Waals surface area contributed by atoms with Crippen molar-refractivity contribution in [3.8, 4) is 0 Å². The van der Waals surface area contributed by atoms with Crippen molar-refractivity contribution < 1.29 is 19.0 Å². The Bertz CT molecular complexity index is 637. The van der Waals surface area contributed by atoms with Crippen LogP contribution in [0.2, 0.25) is 5.04 Å². The summed E-state index contributed by atoms with van der Waals surface area (Å²) >= 11 is 0. The van der Waals surface area contributed by atoms with E-state index in [9.17, 15) is 5.11 Å². The summed E-state index contributed by atoms with van der Waals surface area (Å²) in [6, 6.07) is 21.1. The summed E-state index contributed by atoms with van der Waals surface area (Å²) in [7, 11) is -2.55. The molecule has 2 aromatic rings. The van der Waals surface area contributed by atoms with E-state index in [-0.39, 0.29) is 17.7 Å². The van der Waals surface area contributed by atoms with Gasteiger partial charge in [-0.25, -0.2) is 0 Å². The number of hydrogen-bond donors (Lipinski definition) is 1. The topological polar surface area (TPSA) is 47.9 Å². The minimum atomic E-state index is -2.55. The molecule has 0 saturated carbocycles. The van der Waals surface area contributed by atoms with Crippen LogP contribution >= 0.6 is 0 Å². The van der Waals surface area contributed by atoms with Crippen LogP contribution in [0.4, 0.5) is 0 Å².